The number of nitrogens with zero attached hydrogens (tertiary/aromatic N) is 1. The first-order valence-electron chi connectivity index (χ1n) is 7.70. The fraction of sp³-hybridized carbons (Fsp3) is 0.733. The maximum Gasteiger partial charge on any atom is 0.242 e. The molecule has 2 rings (SSSR count). The van der Waals surface area contributed by atoms with Gasteiger partial charge in [-0.05, 0) is 24.8 Å². The van der Waals surface area contributed by atoms with Gasteiger partial charge in [0, 0.05) is 37.6 Å². The maximum atomic E-state index is 12.5. The fourth-order valence-corrected chi connectivity index (χ4v) is 4.27. The molecule has 0 aromatic carbocycles. The minimum absolute atomic E-state index is 0.0763. The van der Waals surface area contributed by atoms with E-state index < -0.39 is 10.0 Å². The highest BCUT2D eigenvalue weighted by Crippen LogP contribution is 2.26. The second-order valence-electron chi connectivity index (χ2n) is 6.45. The Bertz CT molecular complexity index is 578. The summed E-state index contributed by atoms with van der Waals surface area (Å²) in [5.41, 5.74) is 0.976. The molecule has 2 N–H and O–H groups in total. The summed E-state index contributed by atoms with van der Waals surface area (Å²) in [4.78, 5) is 0.365. The van der Waals surface area contributed by atoms with E-state index in [0.717, 1.165) is 25.0 Å². The van der Waals surface area contributed by atoms with Crippen molar-refractivity contribution in [3.05, 3.63) is 18.0 Å². The molecule has 5 nitrogen and oxygen atoms in total. The van der Waals surface area contributed by atoms with E-state index in [1.807, 2.05) is 11.6 Å². The van der Waals surface area contributed by atoms with E-state index in [4.69, 9.17) is 0 Å². The Balaban J connectivity index is 2.11. The number of hydrogen-bond acceptors (Lipinski definition) is 3. The molecule has 120 valence electrons. The first-order chi connectivity index (χ1) is 9.79. The molecule has 6 heteroatoms. The van der Waals surface area contributed by atoms with Gasteiger partial charge < -0.3 is 9.88 Å². The Morgan fingerprint density at radius 3 is 2.67 bits per heavy atom. The van der Waals surface area contributed by atoms with Crippen LogP contribution in [0.4, 0.5) is 0 Å². The van der Waals surface area contributed by atoms with Gasteiger partial charge >= 0.3 is 0 Å². The molecule has 1 aliphatic carbocycles. The van der Waals surface area contributed by atoms with Gasteiger partial charge in [0.1, 0.15) is 0 Å². The highest BCUT2D eigenvalue weighted by molar-refractivity contribution is 7.89. The number of aryl methyl sites for hydroxylation is 1. The van der Waals surface area contributed by atoms with E-state index in [-0.39, 0.29) is 6.04 Å². The van der Waals surface area contributed by atoms with Crippen molar-refractivity contribution in [3.8, 4) is 0 Å². The van der Waals surface area contributed by atoms with E-state index >= 15 is 0 Å². The van der Waals surface area contributed by atoms with E-state index in [2.05, 4.69) is 30.8 Å². The molecule has 0 radical (unpaired) electrons. The van der Waals surface area contributed by atoms with E-state index in [9.17, 15) is 8.42 Å². The summed E-state index contributed by atoms with van der Waals surface area (Å²) >= 11 is 0. The Morgan fingerprint density at radius 1 is 1.38 bits per heavy atom. The van der Waals surface area contributed by atoms with Crippen molar-refractivity contribution in [3.63, 3.8) is 0 Å². The normalized spacial score (nSPS) is 23.1. The Kier molecular flexibility index (Phi) is 5.11. The van der Waals surface area contributed by atoms with Crippen molar-refractivity contribution in [2.45, 2.75) is 63.6 Å². The summed E-state index contributed by atoms with van der Waals surface area (Å²) in [7, 11) is -1.53. The Hall–Kier alpha value is -0.850. The molecule has 21 heavy (non-hydrogen) atoms. The van der Waals surface area contributed by atoms with Crippen LogP contribution in [0.1, 0.15) is 45.7 Å². The molecule has 2 unspecified atom stereocenters. The second kappa shape index (κ2) is 6.50. The number of sulfonamides is 1. The van der Waals surface area contributed by atoms with Crippen LogP contribution in [0.15, 0.2) is 17.2 Å². The first kappa shape index (κ1) is 16.5. The summed E-state index contributed by atoms with van der Waals surface area (Å²) in [5, 5.41) is 3.31. The van der Waals surface area contributed by atoms with Gasteiger partial charge in [-0.25, -0.2) is 13.1 Å². The molecule has 0 saturated heterocycles. The SMILES string of the molecule is CC(C)NCc1cc(S(=O)(=O)NC2CCCC2C)cn1C. The lowest BCUT2D eigenvalue weighted by molar-refractivity contribution is 0.476. The van der Waals surface area contributed by atoms with Crippen molar-refractivity contribution < 1.29 is 8.42 Å². The topological polar surface area (TPSA) is 63.1 Å². The van der Waals surface area contributed by atoms with Crippen molar-refractivity contribution in [1.29, 1.82) is 0 Å². The van der Waals surface area contributed by atoms with Crippen molar-refractivity contribution in [1.82, 2.24) is 14.6 Å². The Morgan fingerprint density at radius 2 is 2.10 bits per heavy atom. The molecule has 0 aliphatic heterocycles. The summed E-state index contributed by atoms with van der Waals surface area (Å²) in [6, 6.07) is 2.21. The molecule has 1 fully saturated rings. The number of nitrogens with one attached hydrogen (secondary N) is 2. The van der Waals surface area contributed by atoms with Gasteiger partial charge in [-0.3, -0.25) is 0 Å². The van der Waals surface area contributed by atoms with Crippen molar-refractivity contribution in [2.24, 2.45) is 13.0 Å². The van der Waals surface area contributed by atoms with Crippen LogP contribution >= 0.6 is 0 Å². The summed E-state index contributed by atoms with van der Waals surface area (Å²) in [6.45, 7) is 6.93. The monoisotopic (exact) mass is 313 g/mol. The Labute approximate surface area is 128 Å². The van der Waals surface area contributed by atoms with Gasteiger partial charge in [0.15, 0.2) is 0 Å². The van der Waals surface area contributed by atoms with E-state index in [1.165, 1.54) is 0 Å². The molecule has 0 spiro atoms. The van der Waals surface area contributed by atoms with Crippen LogP contribution in [-0.2, 0) is 23.6 Å². The van der Waals surface area contributed by atoms with E-state index in [1.54, 1.807) is 12.3 Å². The van der Waals surface area contributed by atoms with Crippen LogP contribution in [-0.4, -0.2) is 25.1 Å². The maximum absolute atomic E-state index is 12.5. The summed E-state index contributed by atoms with van der Waals surface area (Å²) < 4.78 is 29.7. The predicted molar refractivity (Wildman–Crippen MR) is 84.5 cm³/mol. The van der Waals surface area contributed by atoms with E-state index in [0.29, 0.717) is 23.4 Å². The molecule has 0 amide bonds. The third-order valence-electron chi connectivity index (χ3n) is 4.25. The standard InChI is InChI=1S/C15H27N3O2S/c1-11(2)16-9-13-8-14(10-18(13)4)21(19,20)17-15-7-5-6-12(15)3/h8,10-12,15-17H,5-7,9H2,1-4H3. The summed E-state index contributed by atoms with van der Waals surface area (Å²) in [6.07, 6.45) is 4.84. The molecule has 0 bridgehead atoms. The first-order valence-corrected chi connectivity index (χ1v) is 9.19. The van der Waals surface area contributed by atoms with Gasteiger partial charge in [0.05, 0.1) is 4.90 Å². The van der Waals surface area contributed by atoms with Crippen LogP contribution in [0.25, 0.3) is 0 Å². The molecule has 1 aromatic heterocycles. The van der Waals surface area contributed by atoms with Crippen LogP contribution in [0.5, 0.6) is 0 Å². The molecular formula is C15H27N3O2S. The van der Waals surface area contributed by atoms with Crippen LogP contribution in [0, 0.1) is 5.92 Å². The highest BCUT2D eigenvalue weighted by atomic mass is 32.2. The van der Waals surface area contributed by atoms with Gasteiger partial charge in [-0.1, -0.05) is 27.2 Å². The lowest BCUT2D eigenvalue weighted by atomic mass is 10.1. The minimum atomic E-state index is -3.42. The van der Waals surface area contributed by atoms with Gasteiger partial charge in [-0.2, -0.15) is 0 Å². The molecule has 1 aromatic rings. The quantitative estimate of drug-likeness (QED) is 0.844. The third kappa shape index (κ3) is 4.08. The molecular weight excluding hydrogens is 286 g/mol. The third-order valence-corrected chi connectivity index (χ3v) is 5.71. The predicted octanol–water partition coefficient (Wildman–Crippen LogP) is 1.99. The largest absolute Gasteiger partial charge is 0.352 e. The lowest BCUT2D eigenvalue weighted by Gasteiger charge is -2.16. The van der Waals surface area contributed by atoms with Gasteiger partial charge in [0.2, 0.25) is 10.0 Å². The lowest BCUT2D eigenvalue weighted by Crippen LogP contribution is -2.36. The molecule has 2 atom stereocenters. The van der Waals surface area contributed by atoms with Crippen LogP contribution in [0.3, 0.4) is 0 Å². The second-order valence-corrected chi connectivity index (χ2v) is 8.16. The number of rotatable bonds is 6. The van der Waals surface area contributed by atoms with Crippen molar-refractivity contribution >= 4 is 10.0 Å². The number of aromatic nitrogens is 1. The van der Waals surface area contributed by atoms with Crippen molar-refractivity contribution in [2.75, 3.05) is 0 Å². The van der Waals surface area contributed by atoms with Gasteiger partial charge in [-0.15, -0.1) is 0 Å². The highest BCUT2D eigenvalue weighted by Gasteiger charge is 2.29. The zero-order valence-corrected chi connectivity index (χ0v) is 14.2. The van der Waals surface area contributed by atoms with Crippen LogP contribution < -0.4 is 10.0 Å². The number of hydrogen-bond donors (Lipinski definition) is 2. The summed E-state index contributed by atoms with van der Waals surface area (Å²) in [5.74, 6) is 0.422. The zero-order valence-electron chi connectivity index (χ0n) is 13.4. The molecule has 1 heterocycles. The average Bonchev–Trinajstić information content (AvgIpc) is 2.94. The molecule has 1 aliphatic rings. The molecule has 1 saturated carbocycles. The average molecular weight is 313 g/mol. The fourth-order valence-electron chi connectivity index (χ4n) is 2.80. The van der Waals surface area contributed by atoms with Gasteiger partial charge in [0.25, 0.3) is 0 Å². The minimum Gasteiger partial charge on any atom is -0.352 e. The smallest absolute Gasteiger partial charge is 0.242 e. The zero-order chi connectivity index (χ0) is 15.6. The van der Waals surface area contributed by atoms with Crippen LogP contribution in [0.2, 0.25) is 0 Å².